The molecule has 3 N–H and O–H groups in total. The summed E-state index contributed by atoms with van der Waals surface area (Å²) in [5, 5.41) is 25.3. The van der Waals surface area contributed by atoms with Crippen LogP contribution in [0.25, 0.3) is 0 Å². The van der Waals surface area contributed by atoms with Crippen molar-refractivity contribution >= 4 is 17.3 Å². The molecule has 1 atom stereocenters. The number of rotatable bonds is 8. The van der Waals surface area contributed by atoms with Crippen molar-refractivity contribution in [1.29, 1.82) is 5.26 Å². The van der Waals surface area contributed by atoms with Gasteiger partial charge in [-0.2, -0.15) is 5.26 Å². The van der Waals surface area contributed by atoms with Crippen LogP contribution >= 0.6 is 0 Å². The van der Waals surface area contributed by atoms with E-state index >= 15 is 0 Å². The topological polar surface area (TPSA) is 97.6 Å². The maximum Gasteiger partial charge on any atom is 0.221 e. The average Bonchev–Trinajstić information content (AvgIpc) is 2.76. The fraction of sp³-hybridized carbons (Fsp3) is 0.391. The second-order valence-electron chi connectivity index (χ2n) is 7.82. The van der Waals surface area contributed by atoms with E-state index in [-0.39, 0.29) is 18.6 Å². The van der Waals surface area contributed by atoms with Crippen molar-refractivity contribution in [2.24, 2.45) is 0 Å². The molecule has 32 heavy (non-hydrogen) atoms. The minimum atomic E-state index is -0.875. The second-order valence-corrected chi connectivity index (χ2v) is 7.82. The van der Waals surface area contributed by atoms with E-state index < -0.39 is 17.7 Å². The monoisotopic (exact) mass is 444 g/mol. The first kappa shape index (κ1) is 23.4. The zero-order valence-corrected chi connectivity index (χ0v) is 17.8. The van der Waals surface area contributed by atoms with Crippen molar-refractivity contribution in [2.75, 3.05) is 36.9 Å². The summed E-state index contributed by atoms with van der Waals surface area (Å²) in [6, 6.07) is 10.6. The van der Waals surface area contributed by atoms with Gasteiger partial charge in [0.05, 0.1) is 17.3 Å². The molecule has 1 heterocycles. The smallest absolute Gasteiger partial charge is 0.221 e. The summed E-state index contributed by atoms with van der Waals surface area (Å²) in [5.41, 5.74) is 1.32. The maximum atomic E-state index is 13.4. The Morgan fingerprint density at radius 3 is 2.66 bits per heavy atom. The minimum absolute atomic E-state index is 0.0333. The molecule has 3 rings (SSSR count). The number of anilines is 2. The summed E-state index contributed by atoms with van der Waals surface area (Å²) in [7, 11) is 0. The first-order valence-electron chi connectivity index (χ1n) is 10.4. The first-order valence-corrected chi connectivity index (χ1v) is 10.4. The number of aliphatic hydroxyl groups excluding tert-OH is 1. The van der Waals surface area contributed by atoms with Gasteiger partial charge in [-0.05, 0) is 43.2 Å². The second kappa shape index (κ2) is 10.9. The number of piperidine rings is 1. The Hall–Kier alpha value is -3.22. The predicted molar refractivity (Wildman–Crippen MR) is 116 cm³/mol. The lowest BCUT2D eigenvalue weighted by atomic mass is 10.0. The lowest BCUT2D eigenvalue weighted by Gasteiger charge is -2.34. The van der Waals surface area contributed by atoms with E-state index in [9.17, 15) is 18.7 Å². The Bertz CT molecular complexity index is 988. The Morgan fingerprint density at radius 1 is 1.25 bits per heavy atom. The summed E-state index contributed by atoms with van der Waals surface area (Å²) < 4.78 is 32.1. The number of nitriles is 1. The van der Waals surface area contributed by atoms with Crippen LogP contribution in [0.2, 0.25) is 0 Å². The van der Waals surface area contributed by atoms with Crippen molar-refractivity contribution in [3.8, 4) is 11.8 Å². The number of nitrogens with zero attached hydrogens (tertiary/aromatic N) is 2. The number of β-amino-alcohol motifs (C(OH)–C–C–N with tert-alkyl or cyclic N) is 1. The number of benzene rings is 2. The molecular formula is C23H26F2N4O3. The molecule has 0 aromatic heterocycles. The molecular weight excluding hydrogens is 418 g/mol. The van der Waals surface area contributed by atoms with Crippen LogP contribution in [0, 0.1) is 23.0 Å². The molecule has 1 fully saturated rings. The fourth-order valence-corrected chi connectivity index (χ4v) is 3.63. The molecule has 170 valence electrons. The van der Waals surface area contributed by atoms with Crippen LogP contribution in [0.4, 0.5) is 20.2 Å². The van der Waals surface area contributed by atoms with Crippen LogP contribution in [-0.4, -0.2) is 54.3 Å². The number of hydrogen-bond acceptors (Lipinski definition) is 6. The molecule has 1 unspecified atom stereocenters. The third-order valence-electron chi connectivity index (χ3n) is 5.20. The molecule has 9 heteroatoms. The summed E-state index contributed by atoms with van der Waals surface area (Å²) in [6.45, 7) is 3.30. The fourth-order valence-electron chi connectivity index (χ4n) is 3.63. The van der Waals surface area contributed by atoms with E-state index in [1.54, 1.807) is 12.1 Å². The van der Waals surface area contributed by atoms with Gasteiger partial charge in [-0.25, -0.2) is 8.78 Å². The quantitative estimate of drug-likeness (QED) is 0.579. The van der Waals surface area contributed by atoms with Crippen molar-refractivity contribution in [2.45, 2.75) is 31.9 Å². The van der Waals surface area contributed by atoms with Crippen LogP contribution in [-0.2, 0) is 4.79 Å². The molecule has 0 aliphatic carbocycles. The van der Waals surface area contributed by atoms with Crippen molar-refractivity contribution in [3.05, 3.63) is 53.6 Å². The predicted octanol–water partition coefficient (Wildman–Crippen LogP) is 3.11. The Balaban J connectivity index is 1.45. The van der Waals surface area contributed by atoms with Crippen molar-refractivity contribution in [1.82, 2.24) is 4.90 Å². The van der Waals surface area contributed by atoms with E-state index in [1.807, 2.05) is 6.07 Å². The van der Waals surface area contributed by atoms with Gasteiger partial charge in [0.15, 0.2) is 11.6 Å². The van der Waals surface area contributed by atoms with Crippen molar-refractivity contribution in [3.63, 3.8) is 0 Å². The molecule has 1 saturated heterocycles. The van der Waals surface area contributed by atoms with Gasteiger partial charge < -0.3 is 25.4 Å². The maximum absolute atomic E-state index is 13.4. The number of ether oxygens (including phenoxy) is 1. The molecule has 1 amide bonds. The third-order valence-corrected chi connectivity index (χ3v) is 5.20. The van der Waals surface area contributed by atoms with Crippen LogP contribution in [0.15, 0.2) is 36.4 Å². The molecule has 0 spiro atoms. The van der Waals surface area contributed by atoms with E-state index in [0.29, 0.717) is 29.2 Å². The lowest BCUT2D eigenvalue weighted by Crippen LogP contribution is -2.43. The third kappa shape index (κ3) is 6.64. The average molecular weight is 444 g/mol. The summed E-state index contributed by atoms with van der Waals surface area (Å²) in [4.78, 5) is 13.5. The normalized spacial score (nSPS) is 15.6. The van der Waals surface area contributed by atoms with Crippen LogP contribution < -0.4 is 15.4 Å². The van der Waals surface area contributed by atoms with Gasteiger partial charge in [-0.1, -0.05) is 0 Å². The number of amides is 1. The standard InChI is InChI=1S/C23H26F2N4O3/c1-15(30)27-22-10-16(12-26)2-5-23(22)32-14-19(31)13-29-8-6-17(7-9-29)28-18-3-4-20(24)21(25)11-18/h2-5,10-11,17,19,28,31H,6-9,13-14H2,1H3,(H,27,30). The first-order chi connectivity index (χ1) is 15.3. The molecule has 7 nitrogen and oxygen atoms in total. The minimum Gasteiger partial charge on any atom is -0.489 e. The number of carbonyl (C=O) groups excluding carboxylic acids is 1. The van der Waals surface area contributed by atoms with E-state index in [0.717, 1.165) is 38.1 Å². The van der Waals surface area contributed by atoms with Crippen LogP contribution in [0.1, 0.15) is 25.3 Å². The highest BCUT2D eigenvalue weighted by Crippen LogP contribution is 2.26. The number of likely N-dealkylation sites (tertiary alicyclic amines) is 1. The molecule has 0 bridgehead atoms. The molecule has 2 aromatic rings. The van der Waals surface area contributed by atoms with Crippen LogP contribution in [0.3, 0.4) is 0 Å². The van der Waals surface area contributed by atoms with Gasteiger partial charge in [0.1, 0.15) is 18.5 Å². The molecule has 2 aromatic carbocycles. The molecule has 1 aliphatic heterocycles. The number of aliphatic hydroxyl groups is 1. The highest BCUT2D eigenvalue weighted by molar-refractivity contribution is 5.90. The summed E-state index contributed by atoms with van der Waals surface area (Å²) >= 11 is 0. The van der Waals surface area contributed by atoms with Gasteiger partial charge in [0.2, 0.25) is 5.91 Å². The highest BCUT2D eigenvalue weighted by atomic mass is 19.2. The molecule has 0 radical (unpaired) electrons. The summed E-state index contributed by atoms with van der Waals surface area (Å²) in [6.07, 6.45) is 0.857. The highest BCUT2D eigenvalue weighted by Gasteiger charge is 2.22. The number of hydrogen-bond donors (Lipinski definition) is 3. The lowest BCUT2D eigenvalue weighted by molar-refractivity contribution is -0.114. The van der Waals surface area contributed by atoms with Crippen LogP contribution in [0.5, 0.6) is 5.75 Å². The Labute approximate surface area is 185 Å². The van der Waals surface area contributed by atoms with E-state index in [4.69, 9.17) is 10.00 Å². The molecule has 0 saturated carbocycles. The number of nitrogens with one attached hydrogen (secondary N) is 2. The number of halogens is 2. The Kier molecular flexibility index (Phi) is 7.98. The molecule has 1 aliphatic rings. The Morgan fingerprint density at radius 2 is 2.00 bits per heavy atom. The van der Waals surface area contributed by atoms with E-state index in [2.05, 4.69) is 15.5 Å². The number of carbonyl (C=O) groups is 1. The van der Waals surface area contributed by atoms with Gasteiger partial charge in [-0.15, -0.1) is 0 Å². The van der Waals surface area contributed by atoms with Gasteiger partial charge >= 0.3 is 0 Å². The zero-order valence-electron chi connectivity index (χ0n) is 17.8. The summed E-state index contributed by atoms with van der Waals surface area (Å²) in [5.74, 6) is -1.65. The van der Waals surface area contributed by atoms with E-state index in [1.165, 1.54) is 19.1 Å². The van der Waals surface area contributed by atoms with Gasteiger partial charge in [-0.3, -0.25) is 4.79 Å². The van der Waals surface area contributed by atoms with Crippen molar-refractivity contribution < 1.29 is 23.4 Å². The van der Waals surface area contributed by atoms with Gasteiger partial charge in [0.25, 0.3) is 0 Å². The van der Waals surface area contributed by atoms with Gasteiger partial charge in [0, 0.05) is 44.4 Å². The zero-order chi connectivity index (χ0) is 23.1. The largest absolute Gasteiger partial charge is 0.489 e. The SMILES string of the molecule is CC(=O)Nc1cc(C#N)ccc1OCC(O)CN1CCC(Nc2ccc(F)c(F)c2)CC1.